The molecule has 0 bridgehead atoms. The molecule has 0 unspecified atom stereocenters. The Balaban J connectivity index is 1.89. The van der Waals surface area contributed by atoms with Crippen molar-refractivity contribution in [2.75, 3.05) is 6.61 Å². The van der Waals surface area contributed by atoms with Gasteiger partial charge < -0.3 is 9.84 Å². The second kappa shape index (κ2) is 8.44. The van der Waals surface area contributed by atoms with E-state index in [2.05, 4.69) is 37.3 Å². The van der Waals surface area contributed by atoms with Crippen molar-refractivity contribution in [2.24, 2.45) is 5.41 Å². The number of fused-ring (bicyclic) bond motifs is 1. The van der Waals surface area contributed by atoms with Gasteiger partial charge in [0, 0.05) is 11.1 Å². The van der Waals surface area contributed by atoms with Crippen LogP contribution in [0.1, 0.15) is 64.1 Å². The fourth-order valence-electron chi connectivity index (χ4n) is 3.96. The third-order valence-electron chi connectivity index (χ3n) is 6.14. The normalized spacial score (nSPS) is 25.3. The lowest BCUT2D eigenvalue weighted by Gasteiger charge is -2.40. The quantitative estimate of drug-likeness (QED) is 0.709. The van der Waals surface area contributed by atoms with E-state index in [1.54, 1.807) is 0 Å². The van der Waals surface area contributed by atoms with Crippen LogP contribution in [-0.4, -0.2) is 28.3 Å². The monoisotopic (exact) mass is 381 g/mol. The number of pyridine rings is 1. The molecule has 3 rings (SSSR count). The van der Waals surface area contributed by atoms with E-state index in [9.17, 15) is 9.90 Å². The van der Waals surface area contributed by atoms with E-state index in [4.69, 9.17) is 9.72 Å². The number of hydrogen-bond acceptors (Lipinski definition) is 4. The summed E-state index contributed by atoms with van der Waals surface area (Å²) in [4.78, 5) is 17.5. The van der Waals surface area contributed by atoms with Gasteiger partial charge in [0.05, 0.1) is 23.1 Å². The smallest absolute Gasteiger partial charge is 0.315 e. The first-order valence-electron chi connectivity index (χ1n) is 10.4. The van der Waals surface area contributed by atoms with Crippen molar-refractivity contribution < 1.29 is 14.6 Å². The van der Waals surface area contributed by atoms with Crippen LogP contribution < -0.4 is 0 Å². The average molecular weight is 382 g/mol. The van der Waals surface area contributed by atoms with Crippen molar-refractivity contribution in [1.29, 1.82) is 0 Å². The maximum atomic E-state index is 12.8. The molecule has 28 heavy (non-hydrogen) atoms. The number of rotatable bonds is 6. The minimum atomic E-state index is -0.662. The van der Waals surface area contributed by atoms with Crippen molar-refractivity contribution in [2.45, 2.75) is 64.9 Å². The lowest BCUT2D eigenvalue weighted by Crippen LogP contribution is -2.42. The van der Waals surface area contributed by atoms with Crippen molar-refractivity contribution in [3.05, 3.63) is 47.7 Å². The van der Waals surface area contributed by atoms with E-state index in [0.717, 1.165) is 28.6 Å². The van der Waals surface area contributed by atoms with Crippen LogP contribution in [0, 0.1) is 5.41 Å². The first-order chi connectivity index (χ1) is 13.4. The summed E-state index contributed by atoms with van der Waals surface area (Å²) in [5, 5.41) is 11.7. The standard InChI is InChI=1S/C24H31NO3/c1-4-20-10-9-19-8-7-18(17-21(19)25-20)11-12-23(22(26)28-6-3)13-15-24(27,5-2)16-14-23/h7-12,17,27H,4-6,13-16H2,1-3H3/b12-11+. The number of aromatic nitrogens is 1. The predicted octanol–water partition coefficient (Wildman–Crippen LogP) is 5.08. The minimum absolute atomic E-state index is 0.184. The molecule has 2 aromatic rings. The van der Waals surface area contributed by atoms with Crippen LogP contribution in [0.3, 0.4) is 0 Å². The van der Waals surface area contributed by atoms with Gasteiger partial charge in [-0.3, -0.25) is 9.78 Å². The fraction of sp³-hybridized carbons (Fsp3) is 0.500. The van der Waals surface area contributed by atoms with Crippen LogP contribution >= 0.6 is 0 Å². The van der Waals surface area contributed by atoms with Crippen LogP contribution in [0.25, 0.3) is 17.0 Å². The van der Waals surface area contributed by atoms with E-state index < -0.39 is 11.0 Å². The summed E-state index contributed by atoms with van der Waals surface area (Å²) in [6, 6.07) is 10.3. The number of benzene rings is 1. The Kier molecular flexibility index (Phi) is 6.19. The Morgan fingerprint density at radius 3 is 2.50 bits per heavy atom. The number of hydrogen-bond donors (Lipinski definition) is 1. The van der Waals surface area contributed by atoms with E-state index in [0.29, 0.717) is 38.7 Å². The number of ether oxygens (including phenoxy) is 1. The summed E-state index contributed by atoms with van der Waals surface area (Å²) in [5.74, 6) is -0.184. The molecule has 0 amide bonds. The van der Waals surface area contributed by atoms with Gasteiger partial charge >= 0.3 is 5.97 Å². The summed E-state index contributed by atoms with van der Waals surface area (Å²) >= 11 is 0. The number of aryl methyl sites for hydroxylation is 1. The van der Waals surface area contributed by atoms with E-state index in [1.165, 1.54) is 0 Å². The second-order valence-corrected chi connectivity index (χ2v) is 7.90. The highest BCUT2D eigenvalue weighted by atomic mass is 16.5. The Labute approximate surface area is 167 Å². The second-order valence-electron chi connectivity index (χ2n) is 7.90. The van der Waals surface area contributed by atoms with Crippen molar-refractivity contribution in [3.63, 3.8) is 0 Å². The van der Waals surface area contributed by atoms with Crippen molar-refractivity contribution >= 4 is 22.9 Å². The molecule has 1 aromatic heterocycles. The zero-order chi connectivity index (χ0) is 20.2. The summed E-state index contributed by atoms with van der Waals surface area (Å²) in [5.41, 5.74) is 1.74. The number of carbonyl (C=O) groups excluding carboxylic acids is 1. The Morgan fingerprint density at radius 1 is 1.14 bits per heavy atom. The molecule has 1 aliphatic rings. The lowest BCUT2D eigenvalue weighted by atomic mass is 9.67. The largest absolute Gasteiger partial charge is 0.465 e. The number of nitrogens with zero attached hydrogens (tertiary/aromatic N) is 1. The van der Waals surface area contributed by atoms with Gasteiger partial charge in [-0.05, 0) is 63.1 Å². The average Bonchev–Trinajstić information content (AvgIpc) is 2.73. The highest BCUT2D eigenvalue weighted by Crippen LogP contribution is 2.44. The maximum absolute atomic E-state index is 12.8. The van der Waals surface area contributed by atoms with Gasteiger partial charge in [-0.2, -0.15) is 0 Å². The molecule has 1 aromatic carbocycles. The lowest BCUT2D eigenvalue weighted by molar-refractivity contribution is -0.157. The Bertz CT molecular complexity index is 863. The molecule has 0 atom stereocenters. The number of carbonyl (C=O) groups is 1. The third-order valence-corrected chi connectivity index (χ3v) is 6.14. The third kappa shape index (κ3) is 4.27. The first kappa shape index (κ1) is 20.5. The van der Waals surface area contributed by atoms with E-state index in [-0.39, 0.29) is 5.97 Å². The molecule has 150 valence electrons. The zero-order valence-corrected chi connectivity index (χ0v) is 17.2. The van der Waals surface area contributed by atoms with Gasteiger partial charge in [0.2, 0.25) is 0 Å². The van der Waals surface area contributed by atoms with Gasteiger partial charge in [0.1, 0.15) is 0 Å². The Hall–Kier alpha value is -2.20. The van der Waals surface area contributed by atoms with E-state index >= 15 is 0 Å². The highest BCUT2D eigenvalue weighted by molar-refractivity contribution is 5.83. The zero-order valence-electron chi connectivity index (χ0n) is 17.2. The van der Waals surface area contributed by atoms with Gasteiger partial charge in [0.15, 0.2) is 0 Å². The van der Waals surface area contributed by atoms with Crippen LogP contribution in [0.5, 0.6) is 0 Å². The molecule has 4 nitrogen and oxygen atoms in total. The topological polar surface area (TPSA) is 59.4 Å². The molecule has 1 aliphatic carbocycles. The van der Waals surface area contributed by atoms with Crippen molar-refractivity contribution in [3.8, 4) is 0 Å². The van der Waals surface area contributed by atoms with Crippen LogP contribution in [0.4, 0.5) is 0 Å². The first-order valence-corrected chi connectivity index (χ1v) is 10.4. The predicted molar refractivity (Wildman–Crippen MR) is 113 cm³/mol. The summed E-state index contributed by atoms with van der Waals surface area (Å²) in [6.07, 6.45) is 8.07. The molecule has 1 heterocycles. The molecule has 0 saturated heterocycles. The van der Waals surface area contributed by atoms with Gasteiger partial charge in [-0.1, -0.05) is 44.2 Å². The summed E-state index contributed by atoms with van der Waals surface area (Å²) in [6.45, 7) is 6.30. The fourth-order valence-corrected chi connectivity index (χ4v) is 3.96. The van der Waals surface area contributed by atoms with Crippen molar-refractivity contribution in [1.82, 2.24) is 4.98 Å². The maximum Gasteiger partial charge on any atom is 0.315 e. The highest BCUT2D eigenvalue weighted by Gasteiger charge is 2.45. The van der Waals surface area contributed by atoms with Crippen LogP contribution in [0.2, 0.25) is 0 Å². The number of aliphatic hydroxyl groups is 1. The molecule has 4 heteroatoms. The molecular formula is C24H31NO3. The molecule has 0 aliphatic heterocycles. The molecule has 1 N–H and O–H groups in total. The SMILES string of the molecule is CCOC(=O)C1(/C=C/c2ccc3ccc(CC)nc3c2)CCC(O)(CC)CC1. The minimum Gasteiger partial charge on any atom is -0.465 e. The molecular weight excluding hydrogens is 350 g/mol. The molecule has 1 fully saturated rings. The summed E-state index contributed by atoms with van der Waals surface area (Å²) < 4.78 is 5.39. The Morgan fingerprint density at radius 2 is 1.86 bits per heavy atom. The molecule has 1 saturated carbocycles. The summed E-state index contributed by atoms with van der Waals surface area (Å²) in [7, 11) is 0. The van der Waals surface area contributed by atoms with Gasteiger partial charge in [-0.25, -0.2) is 0 Å². The number of esters is 1. The van der Waals surface area contributed by atoms with Gasteiger partial charge in [0.25, 0.3) is 0 Å². The van der Waals surface area contributed by atoms with Gasteiger partial charge in [-0.15, -0.1) is 0 Å². The van der Waals surface area contributed by atoms with Crippen LogP contribution in [0.15, 0.2) is 36.4 Å². The van der Waals surface area contributed by atoms with Crippen LogP contribution in [-0.2, 0) is 16.0 Å². The molecule has 0 radical (unpaired) electrons. The molecule has 0 spiro atoms. The van der Waals surface area contributed by atoms with E-state index in [1.807, 2.05) is 26.0 Å².